The zero-order valence-electron chi connectivity index (χ0n) is 14.7. The molecule has 0 aliphatic heterocycles. The summed E-state index contributed by atoms with van der Waals surface area (Å²) < 4.78 is 0. The molecule has 130 valence electrons. The molecule has 0 aliphatic carbocycles. The zero-order valence-corrected chi connectivity index (χ0v) is 14.7. The molecule has 0 aliphatic rings. The lowest BCUT2D eigenvalue weighted by molar-refractivity contribution is 0.242. The van der Waals surface area contributed by atoms with Crippen molar-refractivity contribution in [3.05, 3.63) is 113 Å². The first-order valence-electron chi connectivity index (χ1n) is 8.62. The third-order valence-electron chi connectivity index (χ3n) is 4.11. The molecular formula is C23H22N2O. The van der Waals surface area contributed by atoms with Crippen LogP contribution >= 0.6 is 0 Å². The predicted molar refractivity (Wildman–Crippen MR) is 107 cm³/mol. The van der Waals surface area contributed by atoms with E-state index in [9.17, 15) is 4.79 Å². The van der Waals surface area contributed by atoms with Gasteiger partial charge in [0.25, 0.3) is 0 Å². The van der Waals surface area contributed by atoms with Gasteiger partial charge in [-0.1, -0.05) is 90.5 Å². The molecule has 0 fully saturated rings. The number of rotatable bonds is 5. The second-order valence-corrected chi connectivity index (χ2v) is 6.12. The van der Waals surface area contributed by atoms with Gasteiger partial charge in [0.2, 0.25) is 0 Å². The number of carbonyl (C=O) groups excluding carboxylic acids is 1. The lowest BCUT2D eigenvalue weighted by atomic mass is 9.99. The van der Waals surface area contributed by atoms with Gasteiger partial charge < -0.3 is 10.6 Å². The highest BCUT2D eigenvalue weighted by Gasteiger charge is 2.15. The molecule has 0 saturated heterocycles. The number of aryl methyl sites for hydroxylation is 1. The van der Waals surface area contributed by atoms with Gasteiger partial charge >= 0.3 is 6.03 Å². The van der Waals surface area contributed by atoms with Gasteiger partial charge in [-0.2, -0.15) is 0 Å². The van der Waals surface area contributed by atoms with Gasteiger partial charge in [-0.3, -0.25) is 0 Å². The first kappa shape index (κ1) is 17.5. The van der Waals surface area contributed by atoms with Crippen LogP contribution < -0.4 is 10.6 Å². The van der Waals surface area contributed by atoms with Crippen LogP contribution in [0.5, 0.6) is 0 Å². The average Bonchev–Trinajstić information content (AvgIpc) is 2.69. The second-order valence-electron chi connectivity index (χ2n) is 6.12. The summed E-state index contributed by atoms with van der Waals surface area (Å²) in [6.45, 7) is 2.05. The van der Waals surface area contributed by atoms with Crippen LogP contribution in [0.1, 0.15) is 28.3 Å². The van der Waals surface area contributed by atoms with Gasteiger partial charge in [0, 0.05) is 6.20 Å². The Kier molecular flexibility index (Phi) is 5.84. The maximum absolute atomic E-state index is 12.4. The van der Waals surface area contributed by atoms with E-state index in [2.05, 4.69) is 10.6 Å². The minimum atomic E-state index is -0.244. The first-order valence-corrected chi connectivity index (χ1v) is 8.62. The van der Waals surface area contributed by atoms with Gasteiger partial charge in [0.15, 0.2) is 0 Å². The highest BCUT2D eigenvalue weighted by atomic mass is 16.2. The fraction of sp³-hybridized carbons (Fsp3) is 0.0870. The summed E-state index contributed by atoms with van der Waals surface area (Å²) in [5, 5.41) is 5.83. The molecule has 3 rings (SSSR count). The third-order valence-corrected chi connectivity index (χ3v) is 4.11. The average molecular weight is 342 g/mol. The van der Waals surface area contributed by atoms with E-state index in [0.717, 1.165) is 16.7 Å². The highest BCUT2D eigenvalue weighted by molar-refractivity contribution is 5.77. The lowest BCUT2D eigenvalue weighted by Gasteiger charge is -2.19. The van der Waals surface area contributed by atoms with E-state index in [0.29, 0.717) is 0 Å². The molecule has 0 unspecified atom stereocenters. The Morgan fingerprint density at radius 1 is 0.808 bits per heavy atom. The molecule has 2 N–H and O–H groups in total. The number of nitrogens with one attached hydrogen (secondary N) is 2. The second kappa shape index (κ2) is 8.67. The molecular weight excluding hydrogens is 320 g/mol. The van der Waals surface area contributed by atoms with Crippen LogP contribution in [0.2, 0.25) is 0 Å². The van der Waals surface area contributed by atoms with Crippen LogP contribution in [0, 0.1) is 6.92 Å². The molecule has 0 aromatic heterocycles. The quantitative estimate of drug-likeness (QED) is 0.669. The topological polar surface area (TPSA) is 41.1 Å². The summed E-state index contributed by atoms with van der Waals surface area (Å²) in [6.07, 6.45) is 3.53. The largest absolute Gasteiger partial charge is 0.327 e. The molecule has 0 bridgehead atoms. The molecule has 0 heterocycles. The smallest absolute Gasteiger partial charge is 0.319 e. The van der Waals surface area contributed by atoms with Crippen molar-refractivity contribution in [3.8, 4) is 0 Å². The molecule has 0 atom stereocenters. The van der Waals surface area contributed by atoms with Crippen molar-refractivity contribution < 1.29 is 4.79 Å². The summed E-state index contributed by atoms with van der Waals surface area (Å²) in [7, 11) is 0. The molecule has 3 heteroatoms. The van der Waals surface area contributed by atoms with E-state index >= 15 is 0 Å². The van der Waals surface area contributed by atoms with Crippen LogP contribution in [0.15, 0.2) is 91.1 Å². The monoisotopic (exact) mass is 342 g/mol. The number of amides is 2. The van der Waals surface area contributed by atoms with E-state index in [-0.39, 0.29) is 12.1 Å². The minimum Gasteiger partial charge on any atom is -0.327 e. The van der Waals surface area contributed by atoms with E-state index in [1.807, 2.05) is 97.9 Å². The molecule has 3 aromatic carbocycles. The number of carbonyl (C=O) groups is 1. The molecule has 3 nitrogen and oxygen atoms in total. The molecule has 3 aromatic rings. The van der Waals surface area contributed by atoms with Crippen molar-refractivity contribution in [2.75, 3.05) is 0 Å². The predicted octanol–water partition coefficient (Wildman–Crippen LogP) is 5.05. The van der Waals surface area contributed by atoms with Crippen LogP contribution in [-0.2, 0) is 0 Å². The van der Waals surface area contributed by atoms with Crippen LogP contribution in [0.25, 0.3) is 6.08 Å². The molecule has 0 saturated carbocycles. The van der Waals surface area contributed by atoms with Crippen LogP contribution in [0.4, 0.5) is 4.79 Å². The Morgan fingerprint density at radius 2 is 1.35 bits per heavy atom. The molecule has 26 heavy (non-hydrogen) atoms. The summed E-state index contributed by atoms with van der Waals surface area (Å²) in [5.41, 5.74) is 4.33. The highest BCUT2D eigenvalue weighted by Crippen LogP contribution is 2.21. The normalized spacial score (nSPS) is 10.8. The summed E-state index contributed by atoms with van der Waals surface area (Å²) >= 11 is 0. The Bertz CT molecular complexity index is 816. The fourth-order valence-electron chi connectivity index (χ4n) is 2.71. The van der Waals surface area contributed by atoms with Gasteiger partial charge in [0.1, 0.15) is 0 Å². The van der Waals surface area contributed by atoms with Crippen LogP contribution in [0.3, 0.4) is 0 Å². The van der Waals surface area contributed by atoms with E-state index in [4.69, 9.17) is 0 Å². The maximum Gasteiger partial charge on any atom is 0.319 e. The van der Waals surface area contributed by atoms with E-state index < -0.39 is 0 Å². The Morgan fingerprint density at radius 3 is 1.88 bits per heavy atom. The third kappa shape index (κ3) is 4.84. The van der Waals surface area contributed by atoms with Crippen molar-refractivity contribution in [1.29, 1.82) is 0 Å². The van der Waals surface area contributed by atoms with E-state index in [1.165, 1.54) is 5.56 Å². The fourth-order valence-corrected chi connectivity index (χ4v) is 2.71. The van der Waals surface area contributed by atoms with Crippen molar-refractivity contribution in [2.24, 2.45) is 0 Å². The number of hydrogen-bond donors (Lipinski definition) is 2. The Hall–Kier alpha value is -3.33. The summed E-state index contributed by atoms with van der Waals surface area (Å²) in [5.74, 6) is 0. The van der Waals surface area contributed by atoms with Crippen LogP contribution in [-0.4, -0.2) is 6.03 Å². The summed E-state index contributed by atoms with van der Waals surface area (Å²) in [4.78, 5) is 12.4. The lowest BCUT2D eigenvalue weighted by Crippen LogP contribution is -2.35. The van der Waals surface area contributed by atoms with Gasteiger partial charge in [0.05, 0.1) is 6.04 Å². The number of hydrogen-bond acceptors (Lipinski definition) is 1. The zero-order chi connectivity index (χ0) is 18.2. The molecule has 2 amide bonds. The van der Waals surface area contributed by atoms with Crippen molar-refractivity contribution in [2.45, 2.75) is 13.0 Å². The van der Waals surface area contributed by atoms with Crippen molar-refractivity contribution >= 4 is 12.1 Å². The molecule has 0 spiro atoms. The minimum absolute atomic E-state index is 0.204. The summed E-state index contributed by atoms with van der Waals surface area (Å²) in [6, 6.07) is 27.6. The van der Waals surface area contributed by atoms with Crippen molar-refractivity contribution in [1.82, 2.24) is 10.6 Å². The van der Waals surface area contributed by atoms with Gasteiger partial charge in [-0.25, -0.2) is 4.79 Å². The van der Waals surface area contributed by atoms with E-state index in [1.54, 1.807) is 6.20 Å². The Labute approximate surface area is 154 Å². The number of benzene rings is 3. The molecule has 0 radical (unpaired) electrons. The van der Waals surface area contributed by atoms with Crippen molar-refractivity contribution in [3.63, 3.8) is 0 Å². The number of urea groups is 1. The van der Waals surface area contributed by atoms with Gasteiger partial charge in [-0.15, -0.1) is 0 Å². The standard InChI is InChI=1S/C23H22N2O/c1-18-12-14-19(15-13-18)16-17-24-23(26)25-22(20-8-4-2-5-9-20)21-10-6-3-7-11-21/h2-17,22H,1H3,(H2,24,25,26)/b17-16+. The first-order chi connectivity index (χ1) is 12.7. The SMILES string of the molecule is Cc1ccc(/C=C/NC(=O)NC(c2ccccc2)c2ccccc2)cc1. The van der Waals surface area contributed by atoms with Gasteiger partial charge in [-0.05, 0) is 29.7 Å². The maximum atomic E-state index is 12.4. The Balaban J connectivity index is 1.68.